The third-order valence-corrected chi connectivity index (χ3v) is 4.01. The van der Waals surface area contributed by atoms with Gasteiger partial charge < -0.3 is 5.32 Å². The van der Waals surface area contributed by atoms with Crippen LogP contribution in [0.4, 0.5) is 0 Å². The summed E-state index contributed by atoms with van der Waals surface area (Å²) in [5.41, 5.74) is 0. The molecule has 0 saturated heterocycles. The molecule has 0 aliphatic carbocycles. The van der Waals surface area contributed by atoms with Crippen LogP contribution in [0.5, 0.6) is 0 Å². The van der Waals surface area contributed by atoms with Gasteiger partial charge in [-0.2, -0.15) is 5.26 Å². The molecule has 1 aromatic rings. The highest BCUT2D eigenvalue weighted by atomic mass is 35.5. The summed E-state index contributed by atoms with van der Waals surface area (Å²) >= 11 is 8.57. The van der Waals surface area contributed by atoms with E-state index in [2.05, 4.69) is 5.32 Å². The summed E-state index contributed by atoms with van der Waals surface area (Å²) in [7, 11) is 0. The maximum atomic E-state index is 11.4. The number of nitriles is 1. The molecule has 0 fully saturated rings. The Labute approximate surface area is 108 Å². The minimum absolute atomic E-state index is 0.0346. The summed E-state index contributed by atoms with van der Waals surface area (Å²) in [5.74, 6) is 0.598. The SMILES string of the molecule is C[C@@H](NC(=O)CSCC#N)c1ccc(Cl)s1. The minimum atomic E-state index is -0.0581. The molecule has 86 valence electrons. The van der Waals surface area contributed by atoms with Crippen LogP contribution in [-0.4, -0.2) is 17.4 Å². The second-order valence-electron chi connectivity index (χ2n) is 3.08. The first kappa shape index (κ1) is 13.4. The van der Waals surface area contributed by atoms with Crippen LogP contribution in [0, 0.1) is 11.3 Å². The van der Waals surface area contributed by atoms with Crippen LogP contribution in [0.3, 0.4) is 0 Å². The Morgan fingerprint density at radius 3 is 3.06 bits per heavy atom. The molecule has 16 heavy (non-hydrogen) atoms. The van der Waals surface area contributed by atoms with E-state index < -0.39 is 0 Å². The molecule has 0 saturated carbocycles. The molecule has 1 rings (SSSR count). The molecular weight excluding hydrogens is 264 g/mol. The van der Waals surface area contributed by atoms with Gasteiger partial charge in [-0.15, -0.1) is 23.1 Å². The van der Waals surface area contributed by atoms with Crippen molar-refractivity contribution in [2.24, 2.45) is 0 Å². The second-order valence-corrected chi connectivity index (χ2v) is 5.81. The van der Waals surface area contributed by atoms with Crippen molar-refractivity contribution in [1.29, 1.82) is 5.26 Å². The van der Waals surface area contributed by atoms with E-state index in [1.807, 2.05) is 25.1 Å². The van der Waals surface area contributed by atoms with E-state index in [0.29, 0.717) is 11.5 Å². The Bertz CT molecular complexity index is 400. The molecule has 1 amide bonds. The fourth-order valence-electron chi connectivity index (χ4n) is 1.10. The van der Waals surface area contributed by atoms with Crippen molar-refractivity contribution in [3.05, 3.63) is 21.3 Å². The van der Waals surface area contributed by atoms with Crippen LogP contribution < -0.4 is 5.32 Å². The summed E-state index contributed by atoms with van der Waals surface area (Å²) in [6.07, 6.45) is 0. The zero-order valence-electron chi connectivity index (χ0n) is 8.70. The zero-order chi connectivity index (χ0) is 12.0. The van der Waals surface area contributed by atoms with E-state index in [4.69, 9.17) is 16.9 Å². The van der Waals surface area contributed by atoms with Crippen LogP contribution in [0.2, 0.25) is 4.34 Å². The minimum Gasteiger partial charge on any atom is -0.348 e. The molecule has 0 radical (unpaired) electrons. The van der Waals surface area contributed by atoms with Crippen LogP contribution in [0.15, 0.2) is 12.1 Å². The number of amides is 1. The van der Waals surface area contributed by atoms with Crippen LogP contribution in [0.25, 0.3) is 0 Å². The van der Waals surface area contributed by atoms with Crippen molar-refractivity contribution in [3.8, 4) is 6.07 Å². The first-order chi connectivity index (χ1) is 7.63. The Morgan fingerprint density at radius 1 is 1.75 bits per heavy atom. The lowest BCUT2D eigenvalue weighted by atomic mass is 10.3. The first-order valence-electron chi connectivity index (χ1n) is 4.62. The van der Waals surface area contributed by atoms with Gasteiger partial charge in [0.25, 0.3) is 0 Å². The van der Waals surface area contributed by atoms with Crippen LogP contribution >= 0.6 is 34.7 Å². The number of rotatable bonds is 5. The molecule has 1 heterocycles. The predicted octanol–water partition coefficient (Wildman–Crippen LogP) is 2.84. The van der Waals surface area contributed by atoms with Crippen LogP contribution in [0.1, 0.15) is 17.8 Å². The number of carbonyl (C=O) groups excluding carboxylic acids is 1. The first-order valence-corrected chi connectivity index (χ1v) is 6.97. The van der Waals surface area contributed by atoms with Gasteiger partial charge in [0.05, 0.1) is 28.0 Å². The molecule has 1 aromatic heterocycles. The van der Waals surface area contributed by atoms with E-state index in [0.717, 1.165) is 9.21 Å². The van der Waals surface area contributed by atoms with Gasteiger partial charge in [0.15, 0.2) is 0 Å². The number of thiophene rings is 1. The summed E-state index contributed by atoms with van der Waals surface area (Å²) in [6, 6.07) is 5.66. The van der Waals surface area contributed by atoms with Gasteiger partial charge >= 0.3 is 0 Å². The standard InChI is InChI=1S/C10H11ClN2OS2/c1-7(8-2-3-9(11)16-8)13-10(14)6-15-5-4-12/h2-3,7H,5-6H2,1H3,(H,13,14)/t7-/m1/s1. The predicted molar refractivity (Wildman–Crippen MR) is 68.8 cm³/mol. The van der Waals surface area contributed by atoms with Crippen molar-refractivity contribution < 1.29 is 4.79 Å². The molecule has 0 bridgehead atoms. The average Bonchev–Trinajstić information content (AvgIpc) is 2.65. The van der Waals surface area contributed by atoms with E-state index >= 15 is 0 Å². The number of halogens is 1. The Balaban J connectivity index is 2.37. The number of thioether (sulfide) groups is 1. The summed E-state index contributed by atoms with van der Waals surface area (Å²) in [5, 5.41) is 11.2. The quantitative estimate of drug-likeness (QED) is 0.840. The normalized spacial score (nSPS) is 11.8. The molecule has 0 aliphatic heterocycles. The smallest absolute Gasteiger partial charge is 0.230 e. The Hall–Kier alpha value is -0.700. The lowest BCUT2D eigenvalue weighted by molar-refractivity contribution is -0.119. The summed E-state index contributed by atoms with van der Waals surface area (Å²) in [4.78, 5) is 12.5. The van der Waals surface area contributed by atoms with E-state index in [-0.39, 0.29) is 11.9 Å². The molecule has 1 atom stereocenters. The topological polar surface area (TPSA) is 52.9 Å². The highest BCUT2D eigenvalue weighted by molar-refractivity contribution is 8.00. The maximum Gasteiger partial charge on any atom is 0.230 e. The molecule has 0 unspecified atom stereocenters. The van der Waals surface area contributed by atoms with Gasteiger partial charge in [-0.1, -0.05) is 11.6 Å². The molecule has 6 heteroatoms. The Morgan fingerprint density at radius 2 is 2.50 bits per heavy atom. The van der Waals surface area contributed by atoms with E-state index in [1.54, 1.807) is 0 Å². The average molecular weight is 275 g/mol. The van der Waals surface area contributed by atoms with Crippen molar-refractivity contribution in [1.82, 2.24) is 5.32 Å². The fourth-order valence-corrected chi connectivity index (χ4v) is 2.63. The zero-order valence-corrected chi connectivity index (χ0v) is 11.1. The summed E-state index contributed by atoms with van der Waals surface area (Å²) in [6.45, 7) is 1.91. The third-order valence-electron chi connectivity index (χ3n) is 1.80. The van der Waals surface area contributed by atoms with Gasteiger partial charge in [-0.25, -0.2) is 0 Å². The van der Waals surface area contributed by atoms with Crippen molar-refractivity contribution in [2.45, 2.75) is 13.0 Å². The number of carbonyl (C=O) groups is 1. The third kappa shape index (κ3) is 4.44. The van der Waals surface area contributed by atoms with Gasteiger partial charge in [0.2, 0.25) is 5.91 Å². The van der Waals surface area contributed by atoms with E-state index in [9.17, 15) is 4.79 Å². The Kier molecular flexibility index (Phi) is 5.67. The summed E-state index contributed by atoms with van der Waals surface area (Å²) < 4.78 is 0.718. The highest BCUT2D eigenvalue weighted by Gasteiger charge is 2.11. The number of hydrogen-bond acceptors (Lipinski definition) is 4. The fraction of sp³-hybridized carbons (Fsp3) is 0.400. The number of nitrogens with one attached hydrogen (secondary N) is 1. The van der Waals surface area contributed by atoms with Gasteiger partial charge in [0, 0.05) is 4.88 Å². The van der Waals surface area contributed by atoms with E-state index in [1.165, 1.54) is 23.1 Å². The molecule has 0 spiro atoms. The molecule has 0 aliphatic rings. The van der Waals surface area contributed by atoms with Crippen molar-refractivity contribution >= 4 is 40.6 Å². The van der Waals surface area contributed by atoms with Crippen LogP contribution in [-0.2, 0) is 4.79 Å². The van der Waals surface area contributed by atoms with Gasteiger partial charge in [-0.05, 0) is 19.1 Å². The van der Waals surface area contributed by atoms with Crippen molar-refractivity contribution in [2.75, 3.05) is 11.5 Å². The maximum absolute atomic E-state index is 11.4. The highest BCUT2D eigenvalue weighted by Crippen LogP contribution is 2.26. The molecule has 1 N–H and O–H groups in total. The molecular formula is C10H11ClN2OS2. The number of nitrogens with zero attached hydrogens (tertiary/aromatic N) is 1. The molecule has 3 nitrogen and oxygen atoms in total. The number of hydrogen-bond donors (Lipinski definition) is 1. The van der Waals surface area contributed by atoms with Crippen molar-refractivity contribution in [3.63, 3.8) is 0 Å². The lowest BCUT2D eigenvalue weighted by Gasteiger charge is -2.11. The second kappa shape index (κ2) is 6.79. The largest absolute Gasteiger partial charge is 0.348 e. The monoisotopic (exact) mass is 274 g/mol. The van der Waals surface area contributed by atoms with Gasteiger partial charge in [-0.3, -0.25) is 4.79 Å². The molecule has 0 aromatic carbocycles. The van der Waals surface area contributed by atoms with Gasteiger partial charge in [0.1, 0.15) is 0 Å². The lowest BCUT2D eigenvalue weighted by Crippen LogP contribution is -2.27.